The Morgan fingerprint density at radius 1 is 1.22 bits per heavy atom. The summed E-state index contributed by atoms with van der Waals surface area (Å²) in [7, 11) is 1.87. The number of benzene rings is 1. The summed E-state index contributed by atoms with van der Waals surface area (Å²) in [5.74, 6) is 0. The maximum Gasteiger partial charge on any atom is 0.0917 e. The van der Waals surface area contributed by atoms with Crippen molar-refractivity contribution in [3.8, 4) is 0 Å². The first-order valence-electron chi connectivity index (χ1n) is 6.94. The minimum Gasteiger partial charge on any atom is -0.387 e. The van der Waals surface area contributed by atoms with Crippen molar-refractivity contribution in [2.75, 3.05) is 26.7 Å². The van der Waals surface area contributed by atoms with Crippen LogP contribution in [0.5, 0.6) is 0 Å². The molecule has 1 fully saturated rings. The summed E-state index contributed by atoms with van der Waals surface area (Å²) in [5.41, 5.74) is 2.33. The molecule has 1 aromatic carbocycles. The van der Waals surface area contributed by atoms with Gasteiger partial charge in [-0.25, -0.2) is 0 Å². The molecule has 1 saturated heterocycles. The second kappa shape index (κ2) is 6.88. The molecule has 0 saturated carbocycles. The average molecular weight is 248 g/mol. The van der Waals surface area contributed by atoms with Crippen LogP contribution in [0.25, 0.3) is 0 Å². The van der Waals surface area contributed by atoms with Crippen molar-refractivity contribution in [2.24, 2.45) is 0 Å². The first-order chi connectivity index (χ1) is 8.81. The zero-order valence-corrected chi connectivity index (χ0v) is 11.2. The maximum atomic E-state index is 10.1. The molecule has 0 aromatic heterocycles. The third-order valence-electron chi connectivity index (χ3n) is 3.65. The number of nitrogens with zero attached hydrogens (tertiary/aromatic N) is 1. The molecule has 2 rings (SSSR count). The van der Waals surface area contributed by atoms with Crippen molar-refractivity contribution in [3.05, 3.63) is 35.4 Å². The summed E-state index contributed by atoms with van der Waals surface area (Å²) in [6.45, 7) is 3.96. The molecule has 1 aromatic rings. The van der Waals surface area contributed by atoms with Gasteiger partial charge in [-0.05, 0) is 44.1 Å². The highest BCUT2D eigenvalue weighted by molar-refractivity contribution is 5.29. The Kier molecular flexibility index (Phi) is 5.17. The van der Waals surface area contributed by atoms with Crippen LogP contribution in [0, 0.1) is 0 Å². The first kappa shape index (κ1) is 13.5. The second-order valence-corrected chi connectivity index (χ2v) is 5.11. The molecule has 2 N–H and O–H groups in total. The van der Waals surface area contributed by atoms with Gasteiger partial charge in [0.25, 0.3) is 0 Å². The van der Waals surface area contributed by atoms with Crippen LogP contribution in [0.4, 0.5) is 0 Å². The van der Waals surface area contributed by atoms with Gasteiger partial charge < -0.3 is 10.4 Å². The highest BCUT2D eigenvalue weighted by Crippen LogP contribution is 2.20. The number of aliphatic hydroxyl groups excluding tert-OH is 1. The zero-order valence-electron chi connectivity index (χ0n) is 11.2. The van der Waals surface area contributed by atoms with E-state index in [4.69, 9.17) is 0 Å². The minimum atomic E-state index is -0.406. The Morgan fingerprint density at radius 2 is 1.94 bits per heavy atom. The number of likely N-dealkylation sites (tertiary alicyclic amines) is 1. The third kappa shape index (κ3) is 3.55. The van der Waals surface area contributed by atoms with Crippen LogP contribution >= 0.6 is 0 Å². The molecule has 0 bridgehead atoms. The number of nitrogens with one attached hydrogen (secondary N) is 1. The molecule has 1 aliphatic rings. The summed E-state index contributed by atoms with van der Waals surface area (Å²) in [5, 5.41) is 13.2. The summed E-state index contributed by atoms with van der Waals surface area (Å²) >= 11 is 0. The van der Waals surface area contributed by atoms with Gasteiger partial charge in [0.1, 0.15) is 0 Å². The fourth-order valence-corrected chi connectivity index (χ4v) is 2.66. The van der Waals surface area contributed by atoms with Crippen LogP contribution < -0.4 is 5.32 Å². The van der Waals surface area contributed by atoms with Crippen molar-refractivity contribution in [1.82, 2.24) is 10.2 Å². The Bertz CT molecular complexity index is 361. The molecule has 1 aliphatic heterocycles. The number of aliphatic hydroxyl groups is 1. The largest absolute Gasteiger partial charge is 0.387 e. The van der Waals surface area contributed by atoms with Crippen LogP contribution in [0.15, 0.2) is 24.3 Å². The van der Waals surface area contributed by atoms with Crippen LogP contribution in [0.1, 0.15) is 36.5 Å². The van der Waals surface area contributed by atoms with Crippen LogP contribution in [-0.2, 0) is 6.54 Å². The second-order valence-electron chi connectivity index (χ2n) is 5.11. The van der Waals surface area contributed by atoms with E-state index in [0.29, 0.717) is 6.54 Å². The normalized spacial score (nSPS) is 18.8. The standard InChI is InChI=1S/C15H24N2O/c1-16-11-15(18)14-8-4-3-7-13(14)12-17-9-5-2-6-10-17/h3-4,7-8,15-16,18H,2,5-6,9-12H2,1H3. The van der Waals surface area contributed by atoms with Gasteiger partial charge in [0.2, 0.25) is 0 Å². The van der Waals surface area contributed by atoms with Crippen molar-refractivity contribution >= 4 is 0 Å². The topological polar surface area (TPSA) is 35.5 Å². The lowest BCUT2D eigenvalue weighted by Gasteiger charge is -2.28. The van der Waals surface area contributed by atoms with E-state index in [-0.39, 0.29) is 0 Å². The van der Waals surface area contributed by atoms with Crippen molar-refractivity contribution in [1.29, 1.82) is 0 Å². The van der Waals surface area contributed by atoms with E-state index < -0.39 is 6.10 Å². The van der Waals surface area contributed by atoms with E-state index in [1.54, 1.807) is 0 Å². The van der Waals surface area contributed by atoms with E-state index in [9.17, 15) is 5.11 Å². The number of piperidine rings is 1. The number of hydrogen-bond donors (Lipinski definition) is 2. The number of rotatable bonds is 5. The SMILES string of the molecule is CNCC(O)c1ccccc1CN1CCCCC1. The van der Waals surface area contributed by atoms with Gasteiger partial charge in [0.05, 0.1) is 6.10 Å². The lowest BCUT2D eigenvalue weighted by molar-refractivity contribution is 0.172. The van der Waals surface area contributed by atoms with Crippen molar-refractivity contribution in [3.63, 3.8) is 0 Å². The molecule has 0 spiro atoms. The van der Waals surface area contributed by atoms with Crippen molar-refractivity contribution in [2.45, 2.75) is 31.9 Å². The van der Waals surface area contributed by atoms with Gasteiger partial charge in [0.15, 0.2) is 0 Å². The van der Waals surface area contributed by atoms with Crippen molar-refractivity contribution < 1.29 is 5.11 Å². The lowest BCUT2D eigenvalue weighted by Crippen LogP contribution is -2.30. The average Bonchev–Trinajstić information content (AvgIpc) is 2.41. The highest BCUT2D eigenvalue weighted by atomic mass is 16.3. The Labute approximate surface area is 110 Å². The summed E-state index contributed by atoms with van der Waals surface area (Å²) in [6, 6.07) is 8.26. The molecule has 1 heterocycles. The fourth-order valence-electron chi connectivity index (χ4n) is 2.66. The van der Waals surface area contributed by atoms with Gasteiger partial charge in [0, 0.05) is 13.1 Å². The number of likely N-dealkylation sites (N-methyl/N-ethyl adjacent to an activating group) is 1. The quantitative estimate of drug-likeness (QED) is 0.836. The Morgan fingerprint density at radius 3 is 2.67 bits per heavy atom. The fraction of sp³-hybridized carbons (Fsp3) is 0.600. The third-order valence-corrected chi connectivity index (χ3v) is 3.65. The monoisotopic (exact) mass is 248 g/mol. The Hall–Kier alpha value is -0.900. The summed E-state index contributed by atoms with van der Waals surface area (Å²) in [4.78, 5) is 2.49. The predicted molar refractivity (Wildman–Crippen MR) is 74.5 cm³/mol. The molecular weight excluding hydrogens is 224 g/mol. The van der Waals surface area contributed by atoms with Crippen LogP contribution in [0.2, 0.25) is 0 Å². The number of hydrogen-bond acceptors (Lipinski definition) is 3. The van der Waals surface area contributed by atoms with Crippen LogP contribution in [0.3, 0.4) is 0 Å². The molecule has 3 heteroatoms. The van der Waals surface area contributed by atoms with E-state index >= 15 is 0 Å². The van der Waals surface area contributed by atoms with Crippen LogP contribution in [-0.4, -0.2) is 36.7 Å². The molecular formula is C15H24N2O. The molecule has 0 amide bonds. The first-order valence-corrected chi connectivity index (χ1v) is 6.94. The molecule has 100 valence electrons. The van der Waals surface area contributed by atoms with E-state index in [2.05, 4.69) is 22.3 Å². The molecule has 0 radical (unpaired) electrons. The summed E-state index contributed by atoms with van der Waals surface area (Å²) in [6.07, 6.45) is 3.57. The zero-order chi connectivity index (χ0) is 12.8. The minimum absolute atomic E-state index is 0.406. The highest BCUT2D eigenvalue weighted by Gasteiger charge is 2.15. The van der Waals surface area contributed by atoms with Gasteiger partial charge in [-0.1, -0.05) is 30.7 Å². The Balaban J connectivity index is 2.06. The summed E-state index contributed by atoms with van der Waals surface area (Å²) < 4.78 is 0. The van der Waals surface area contributed by atoms with E-state index in [1.165, 1.54) is 37.9 Å². The molecule has 18 heavy (non-hydrogen) atoms. The lowest BCUT2D eigenvalue weighted by atomic mass is 10.0. The van der Waals surface area contributed by atoms with Gasteiger partial charge in [-0.15, -0.1) is 0 Å². The van der Waals surface area contributed by atoms with Gasteiger partial charge in [-0.2, -0.15) is 0 Å². The predicted octanol–water partition coefficient (Wildman–Crippen LogP) is 1.93. The molecule has 0 aliphatic carbocycles. The van der Waals surface area contributed by atoms with E-state index in [0.717, 1.165) is 12.1 Å². The molecule has 3 nitrogen and oxygen atoms in total. The van der Waals surface area contributed by atoms with E-state index in [1.807, 2.05) is 19.2 Å². The maximum absolute atomic E-state index is 10.1. The van der Waals surface area contributed by atoms with Gasteiger partial charge in [-0.3, -0.25) is 4.90 Å². The smallest absolute Gasteiger partial charge is 0.0917 e. The molecule has 1 unspecified atom stereocenters. The van der Waals surface area contributed by atoms with Gasteiger partial charge >= 0.3 is 0 Å². The molecule has 1 atom stereocenters.